The molecule has 3 atom stereocenters. The van der Waals surface area contributed by atoms with Crippen molar-refractivity contribution in [3.05, 3.63) is 23.3 Å². The van der Waals surface area contributed by atoms with Gasteiger partial charge in [0.25, 0.3) is 0 Å². The molecule has 2 rings (SSSR count). The Kier molecular flexibility index (Phi) is 5.96. The van der Waals surface area contributed by atoms with Crippen LogP contribution in [0.2, 0.25) is 18.1 Å². The first-order valence-corrected chi connectivity index (χ1v) is 13.3. The van der Waals surface area contributed by atoms with Gasteiger partial charge in [-0.1, -0.05) is 64.8 Å². The second-order valence-corrected chi connectivity index (χ2v) is 15.5. The van der Waals surface area contributed by atoms with E-state index in [1.165, 1.54) is 5.57 Å². The van der Waals surface area contributed by atoms with Crippen molar-refractivity contribution in [2.45, 2.75) is 92.5 Å². The predicted molar refractivity (Wildman–Crippen MR) is 115 cm³/mol. The van der Waals surface area contributed by atoms with Crippen molar-refractivity contribution in [3.63, 3.8) is 0 Å². The Balaban J connectivity index is 2.56. The van der Waals surface area contributed by atoms with Crippen LogP contribution in [0, 0.1) is 16.7 Å². The molecule has 0 aliphatic heterocycles. The van der Waals surface area contributed by atoms with Gasteiger partial charge in [-0.3, -0.25) is 4.79 Å². The third kappa shape index (κ3) is 3.84. The average Bonchev–Trinajstić information content (AvgIpc) is 2.49. The van der Waals surface area contributed by atoms with Gasteiger partial charge < -0.3 is 9.16 Å². The molecule has 4 heteroatoms. The first kappa shape index (κ1) is 22.4. The summed E-state index contributed by atoms with van der Waals surface area (Å²) in [5.41, 5.74) is 2.13. The summed E-state index contributed by atoms with van der Waals surface area (Å²) in [7, 11) is -1.97. The van der Waals surface area contributed by atoms with E-state index in [0.717, 1.165) is 18.4 Å². The molecule has 0 bridgehead atoms. The van der Waals surface area contributed by atoms with E-state index >= 15 is 0 Å². The minimum atomic E-state index is -1.97. The Bertz CT molecular complexity index is 651. The van der Waals surface area contributed by atoms with Crippen molar-refractivity contribution >= 4 is 14.3 Å². The van der Waals surface area contributed by atoms with Crippen LogP contribution < -0.4 is 0 Å². The van der Waals surface area contributed by atoms with Crippen molar-refractivity contribution in [2.24, 2.45) is 16.7 Å². The molecule has 2 aliphatic rings. The Morgan fingerprint density at radius 2 is 1.81 bits per heavy atom. The van der Waals surface area contributed by atoms with Gasteiger partial charge in [-0.2, -0.15) is 0 Å². The van der Waals surface area contributed by atoms with E-state index in [4.69, 9.17) is 9.16 Å². The molecule has 0 saturated heterocycles. The number of rotatable bonds is 4. The SMILES string of the molecule is CCOC(=O)[C@@H]1C(C)=CC=C2C(C)(C)CC[C@@H](O[Si](C)(C)C(C)(C)C)[C@@]21C. The fraction of sp³-hybridized carbons (Fsp3) is 0.783. The molecule has 2 aliphatic carbocycles. The summed E-state index contributed by atoms with van der Waals surface area (Å²) in [5, 5.41) is 0.138. The van der Waals surface area contributed by atoms with Gasteiger partial charge >= 0.3 is 5.97 Å². The van der Waals surface area contributed by atoms with Gasteiger partial charge in [-0.05, 0) is 50.2 Å². The topological polar surface area (TPSA) is 35.5 Å². The fourth-order valence-electron chi connectivity index (χ4n) is 4.73. The zero-order valence-electron chi connectivity index (χ0n) is 19.2. The zero-order valence-corrected chi connectivity index (χ0v) is 20.2. The number of carbonyl (C=O) groups is 1. The molecule has 0 spiro atoms. The van der Waals surface area contributed by atoms with Gasteiger partial charge in [0, 0.05) is 5.41 Å². The number of fused-ring (bicyclic) bond motifs is 1. The quantitative estimate of drug-likeness (QED) is 0.418. The summed E-state index contributed by atoms with van der Waals surface area (Å²) in [6.07, 6.45) is 6.48. The minimum Gasteiger partial charge on any atom is -0.466 e. The van der Waals surface area contributed by atoms with Crippen LogP contribution in [-0.4, -0.2) is 27.0 Å². The molecular weight excluding hydrogens is 352 g/mol. The molecule has 0 aromatic heterocycles. The molecule has 1 saturated carbocycles. The second-order valence-electron chi connectivity index (χ2n) is 10.7. The molecular formula is C23H40O3Si. The van der Waals surface area contributed by atoms with E-state index in [0.29, 0.717) is 6.61 Å². The van der Waals surface area contributed by atoms with Crippen LogP contribution >= 0.6 is 0 Å². The van der Waals surface area contributed by atoms with Crippen molar-refractivity contribution in [1.82, 2.24) is 0 Å². The largest absolute Gasteiger partial charge is 0.466 e. The molecule has 3 nitrogen and oxygen atoms in total. The molecule has 0 aromatic carbocycles. The standard InChI is InChI=1S/C23H40O3Si/c1-11-25-20(24)19-16(2)12-13-17-22(6,7)15-14-18(23(17,19)8)26-27(9,10)21(3,4)5/h12-13,18-19H,11,14-15H2,1-10H3/t18-,19+,23-/m1/s1. The van der Waals surface area contributed by atoms with Crippen molar-refractivity contribution in [1.29, 1.82) is 0 Å². The molecule has 0 heterocycles. The third-order valence-corrected chi connectivity index (χ3v) is 11.8. The highest BCUT2D eigenvalue weighted by atomic mass is 28.4. The Hall–Kier alpha value is -0.873. The van der Waals surface area contributed by atoms with E-state index in [2.05, 4.69) is 73.7 Å². The Labute approximate surface area is 167 Å². The maximum Gasteiger partial charge on any atom is 0.314 e. The number of ether oxygens (including phenoxy) is 1. The normalized spacial score (nSPS) is 30.9. The van der Waals surface area contributed by atoms with Crippen LogP contribution in [0.4, 0.5) is 0 Å². The monoisotopic (exact) mass is 392 g/mol. The van der Waals surface area contributed by atoms with Gasteiger partial charge in [0.2, 0.25) is 0 Å². The van der Waals surface area contributed by atoms with Gasteiger partial charge in [0.05, 0.1) is 18.6 Å². The highest BCUT2D eigenvalue weighted by Gasteiger charge is 2.58. The molecule has 0 amide bonds. The zero-order chi connectivity index (χ0) is 20.8. The minimum absolute atomic E-state index is 0.0377. The molecule has 0 aromatic rings. The second kappa shape index (κ2) is 7.18. The summed E-state index contributed by atoms with van der Waals surface area (Å²) in [6.45, 7) is 22.7. The lowest BCUT2D eigenvalue weighted by molar-refractivity contribution is -0.154. The number of hydrogen-bond acceptors (Lipinski definition) is 3. The summed E-state index contributed by atoms with van der Waals surface area (Å²) in [4.78, 5) is 13.1. The maximum atomic E-state index is 13.1. The van der Waals surface area contributed by atoms with Crippen LogP contribution in [-0.2, 0) is 14.0 Å². The third-order valence-electron chi connectivity index (χ3n) is 7.34. The van der Waals surface area contributed by atoms with Crippen molar-refractivity contribution in [2.75, 3.05) is 6.61 Å². The van der Waals surface area contributed by atoms with Gasteiger partial charge in [0.15, 0.2) is 8.32 Å². The number of allylic oxidation sites excluding steroid dienone is 2. The molecule has 0 radical (unpaired) electrons. The average molecular weight is 393 g/mol. The smallest absolute Gasteiger partial charge is 0.314 e. The fourth-order valence-corrected chi connectivity index (χ4v) is 6.16. The highest BCUT2D eigenvalue weighted by molar-refractivity contribution is 6.74. The summed E-state index contributed by atoms with van der Waals surface area (Å²) < 4.78 is 12.5. The number of esters is 1. The first-order chi connectivity index (χ1) is 12.2. The number of hydrogen-bond donors (Lipinski definition) is 0. The molecule has 1 fully saturated rings. The number of carbonyl (C=O) groups excluding carboxylic acids is 1. The summed E-state index contributed by atoms with van der Waals surface area (Å²) in [6, 6.07) is 0. The van der Waals surface area contributed by atoms with Crippen LogP contribution in [0.25, 0.3) is 0 Å². The van der Waals surface area contributed by atoms with Crippen LogP contribution in [0.15, 0.2) is 23.3 Å². The van der Waals surface area contributed by atoms with Crippen LogP contribution in [0.5, 0.6) is 0 Å². The van der Waals surface area contributed by atoms with Gasteiger partial charge in [-0.25, -0.2) is 0 Å². The summed E-state index contributed by atoms with van der Waals surface area (Å²) in [5.74, 6) is -0.382. The van der Waals surface area contributed by atoms with E-state index in [-0.39, 0.29) is 33.9 Å². The first-order valence-electron chi connectivity index (χ1n) is 10.4. The molecule has 0 N–H and O–H groups in total. The van der Waals surface area contributed by atoms with E-state index < -0.39 is 8.32 Å². The summed E-state index contributed by atoms with van der Waals surface area (Å²) >= 11 is 0. The van der Waals surface area contributed by atoms with Gasteiger partial charge in [0.1, 0.15) is 0 Å². The van der Waals surface area contributed by atoms with Crippen molar-refractivity contribution in [3.8, 4) is 0 Å². The Morgan fingerprint density at radius 3 is 2.33 bits per heavy atom. The lowest BCUT2D eigenvalue weighted by atomic mass is 9.52. The van der Waals surface area contributed by atoms with E-state index in [1.54, 1.807) is 0 Å². The lowest BCUT2D eigenvalue weighted by Gasteiger charge is -2.57. The molecule has 0 unspecified atom stereocenters. The van der Waals surface area contributed by atoms with Gasteiger partial charge in [-0.15, -0.1) is 0 Å². The lowest BCUT2D eigenvalue weighted by Crippen LogP contribution is -2.57. The van der Waals surface area contributed by atoms with Crippen LogP contribution in [0.1, 0.15) is 68.2 Å². The molecule has 27 heavy (non-hydrogen) atoms. The van der Waals surface area contributed by atoms with E-state index in [9.17, 15) is 4.79 Å². The van der Waals surface area contributed by atoms with Crippen molar-refractivity contribution < 1.29 is 14.0 Å². The Morgan fingerprint density at radius 1 is 1.22 bits per heavy atom. The van der Waals surface area contributed by atoms with E-state index in [1.807, 2.05) is 6.92 Å². The molecule has 154 valence electrons. The highest BCUT2D eigenvalue weighted by Crippen LogP contribution is 2.59. The maximum absolute atomic E-state index is 13.1. The van der Waals surface area contributed by atoms with Crippen LogP contribution in [0.3, 0.4) is 0 Å². The predicted octanol–water partition coefficient (Wildman–Crippen LogP) is 6.27.